The van der Waals surface area contributed by atoms with Gasteiger partial charge in [0.25, 0.3) is 10.1 Å². The van der Waals surface area contributed by atoms with Crippen molar-refractivity contribution in [2.75, 3.05) is 19.8 Å². The fourth-order valence-electron chi connectivity index (χ4n) is 5.37. The summed E-state index contributed by atoms with van der Waals surface area (Å²) in [6, 6.07) is 12.6. The minimum atomic E-state index is -3.88. The Bertz CT molecular complexity index is 1620. The molecular formula is C30H35N3O6S. The van der Waals surface area contributed by atoms with E-state index < -0.39 is 10.1 Å². The molecule has 40 heavy (non-hydrogen) atoms. The zero-order valence-electron chi connectivity index (χ0n) is 23.2. The maximum absolute atomic E-state index is 13.4. The molecule has 212 valence electrons. The van der Waals surface area contributed by atoms with E-state index in [1.807, 2.05) is 32.0 Å². The fourth-order valence-corrected chi connectivity index (χ4v) is 6.31. The molecule has 0 aliphatic carbocycles. The predicted molar refractivity (Wildman–Crippen MR) is 152 cm³/mol. The average molecular weight is 566 g/mol. The third-order valence-corrected chi connectivity index (χ3v) is 8.55. The van der Waals surface area contributed by atoms with E-state index in [1.54, 1.807) is 31.2 Å². The van der Waals surface area contributed by atoms with Crippen LogP contribution in [0.2, 0.25) is 0 Å². The first-order chi connectivity index (χ1) is 19.3. The molecule has 10 heteroatoms. The lowest BCUT2D eigenvalue weighted by Gasteiger charge is -2.13. The molecule has 0 fully saturated rings. The Labute approximate surface area is 234 Å². The van der Waals surface area contributed by atoms with Crippen LogP contribution in [0.25, 0.3) is 22.0 Å². The van der Waals surface area contributed by atoms with Gasteiger partial charge in [0.1, 0.15) is 5.69 Å². The van der Waals surface area contributed by atoms with Crippen LogP contribution in [0.5, 0.6) is 0 Å². The molecule has 0 radical (unpaired) electrons. The minimum absolute atomic E-state index is 0.00678. The molecule has 0 atom stereocenters. The highest BCUT2D eigenvalue weighted by Crippen LogP contribution is 2.38. The number of carbonyl (C=O) groups is 1. The molecule has 0 saturated heterocycles. The lowest BCUT2D eigenvalue weighted by atomic mass is 9.98. The topological polar surface area (TPSA) is 113 Å². The smallest absolute Gasteiger partial charge is 0.355 e. The zero-order chi connectivity index (χ0) is 28.3. The normalized spacial score (nSPS) is 14.1. The largest absolute Gasteiger partial charge is 0.461 e. The molecule has 4 aromatic rings. The Morgan fingerprint density at radius 1 is 1.12 bits per heavy atom. The van der Waals surface area contributed by atoms with Crippen LogP contribution >= 0.6 is 0 Å². The number of fused-ring (bicyclic) bond motifs is 2. The molecule has 3 heterocycles. The van der Waals surface area contributed by atoms with Crippen molar-refractivity contribution in [1.29, 1.82) is 0 Å². The van der Waals surface area contributed by atoms with Gasteiger partial charge in [-0.05, 0) is 64.2 Å². The van der Waals surface area contributed by atoms with Crippen LogP contribution in [0.1, 0.15) is 59.2 Å². The summed E-state index contributed by atoms with van der Waals surface area (Å²) in [4.78, 5) is 13.6. The summed E-state index contributed by atoms with van der Waals surface area (Å²) in [5.74, 6) is -0.386. The van der Waals surface area contributed by atoms with E-state index in [-0.39, 0.29) is 24.1 Å². The van der Waals surface area contributed by atoms with E-state index in [4.69, 9.17) is 13.7 Å². The molecule has 0 spiro atoms. The van der Waals surface area contributed by atoms with Crippen LogP contribution in [0.15, 0.2) is 47.4 Å². The molecule has 0 bridgehead atoms. The Morgan fingerprint density at radius 2 is 1.93 bits per heavy atom. The maximum atomic E-state index is 13.4. The molecule has 0 saturated carbocycles. The Morgan fingerprint density at radius 3 is 2.70 bits per heavy atom. The average Bonchev–Trinajstić information content (AvgIpc) is 3.45. The molecule has 2 aromatic carbocycles. The van der Waals surface area contributed by atoms with Crippen molar-refractivity contribution in [3.8, 4) is 11.1 Å². The van der Waals surface area contributed by atoms with Crippen LogP contribution in [-0.2, 0) is 43.3 Å². The van der Waals surface area contributed by atoms with Gasteiger partial charge < -0.3 is 14.0 Å². The molecule has 5 rings (SSSR count). The molecule has 1 N–H and O–H groups in total. The van der Waals surface area contributed by atoms with Crippen LogP contribution in [0.4, 0.5) is 0 Å². The van der Waals surface area contributed by atoms with Gasteiger partial charge in [-0.3, -0.25) is 9.28 Å². The highest BCUT2D eigenvalue weighted by molar-refractivity contribution is 7.86. The fraction of sp³-hybridized carbons (Fsp3) is 0.400. The number of ether oxygens (including phenoxy) is 2. The number of esters is 1. The summed E-state index contributed by atoms with van der Waals surface area (Å²) in [7, 11) is -3.88. The number of nitrogens with zero attached hydrogens (tertiary/aromatic N) is 2. The van der Waals surface area contributed by atoms with Crippen LogP contribution in [0.3, 0.4) is 0 Å². The highest BCUT2D eigenvalue weighted by atomic mass is 32.2. The maximum Gasteiger partial charge on any atom is 0.355 e. The number of aromatic nitrogens is 3. The second-order valence-corrected chi connectivity index (χ2v) is 11.6. The first-order valence-corrected chi connectivity index (χ1v) is 15.1. The van der Waals surface area contributed by atoms with Gasteiger partial charge in [-0.2, -0.15) is 13.5 Å². The van der Waals surface area contributed by atoms with Gasteiger partial charge in [-0.15, -0.1) is 0 Å². The monoisotopic (exact) mass is 565 g/mol. The van der Waals surface area contributed by atoms with Crippen LogP contribution in [-0.4, -0.2) is 49.0 Å². The second-order valence-electron chi connectivity index (χ2n) is 10.0. The van der Waals surface area contributed by atoms with Gasteiger partial charge in [0.05, 0.1) is 35.9 Å². The standard InChI is InChI=1S/C30H35N3O6S/c1-4-38-30(34)29-24(11-8-18-39-40(35,36)22-14-12-20(2)13-15-22)23-9-7-10-25-27-21(3)31-32-26(27)19-37-17-6-5-16-33(29)28(23)25/h7,9-10,12-15H,4-6,8,11,16-19H2,1-3H3,(H,31,32). The molecule has 0 amide bonds. The van der Waals surface area contributed by atoms with Gasteiger partial charge >= 0.3 is 5.97 Å². The number of rotatable bonds is 8. The molecular weight excluding hydrogens is 530 g/mol. The van der Waals surface area contributed by atoms with Crippen molar-refractivity contribution in [1.82, 2.24) is 14.8 Å². The molecule has 9 nitrogen and oxygen atoms in total. The van der Waals surface area contributed by atoms with Crippen molar-refractivity contribution < 1.29 is 26.9 Å². The van der Waals surface area contributed by atoms with Crippen molar-refractivity contribution in [2.45, 2.75) is 64.5 Å². The van der Waals surface area contributed by atoms with Gasteiger partial charge in [0.2, 0.25) is 0 Å². The van der Waals surface area contributed by atoms with Crippen molar-refractivity contribution in [3.63, 3.8) is 0 Å². The number of H-pyrrole nitrogens is 1. The lowest BCUT2D eigenvalue weighted by Crippen LogP contribution is -2.15. The van der Waals surface area contributed by atoms with E-state index in [0.29, 0.717) is 38.3 Å². The van der Waals surface area contributed by atoms with Crippen LogP contribution < -0.4 is 0 Å². The predicted octanol–water partition coefficient (Wildman–Crippen LogP) is 5.47. The van der Waals surface area contributed by atoms with E-state index in [1.165, 1.54) is 0 Å². The number of para-hydroxylation sites is 1. The molecule has 0 unspecified atom stereocenters. The van der Waals surface area contributed by atoms with Crippen molar-refractivity contribution >= 4 is 27.0 Å². The highest BCUT2D eigenvalue weighted by Gasteiger charge is 2.27. The van der Waals surface area contributed by atoms with Crippen molar-refractivity contribution in [3.05, 3.63) is 70.7 Å². The lowest BCUT2D eigenvalue weighted by molar-refractivity contribution is 0.0512. The first-order valence-electron chi connectivity index (χ1n) is 13.7. The third kappa shape index (κ3) is 5.56. The van der Waals surface area contributed by atoms with Gasteiger partial charge in [-0.1, -0.05) is 35.9 Å². The molecule has 1 aliphatic rings. The first kappa shape index (κ1) is 28.1. The number of nitrogens with one attached hydrogen (secondary N) is 1. The van der Waals surface area contributed by atoms with Gasteiger partial charge in [-0.25, -0.2) is 4.79 Å². The number of aromatic amines is 1. The Balaban J connectivity index is 1.54. The Hall–Kier alpha value is -3.47. The second kappa shape index (κ2) is 12.0. The molecule has 2 aromatic heterocycles. The van der Waals surface area contributed by atoms with E-state index in [0.717, 1.165) is 57.4 Å². The van der Waals surface area contributed by atoms with E-state index >= 15 is 0 Å². The summed E-state index contributed by atoms with van der Waals surface area (Å²) >= 11 is 0. The SMILES string of the molecule is CCOC(=O)c1c(CCCOS(=O)(=O)c2ccc(C)cc2)c2cccc3c2n1CCCCOCc1n[nH]c(C)c1-3. The minimum Gasteiger partial charge on any atom is -0.461 e. The summed E-state index contributed by atoms with van der Waals surface area (Å²) in [6.07, 6.45) is 2.52. The summed E-state index contributed by atoms with van der Waals surface area (Å²) in [5, 5.41) is 8.54. The third-order valence-electron chi connectivity index (χ3n) is 7.23. The Kier molecular flexibility index (Phi) is 8.39. The number of hydrogen-bond acceptors (Lipinski definition) is 7. The van der Waals surface area contributed by atoms with Crippen molar-refractivity contribution in [2.24, 2.45) is 0 Å². The van der Waals surface area contributed by atoms with E-state index in [9.17, 15) is 13.2 Å². The summed E-state index contributed by atoms with van der Waals surface area (Å²) in [6.45, 7) is 7.54. The quantitative estimate of drug-likeness (QED) is 0.171. The van der Waals surface area contributed by atoms with Gasteiger partial charge in [0, 0.05) is 35.4 Å². The molecule has 1 aliphatic heterocycles. The van der Waals surface area contributed by atoms with Gasteiger partial charge in [0.15, 0.2) is 0 Å². The summed E-state index contributed by atoms with van der Waals surface area (Å²) < 4.78 is 44.3. The zero-order valence-corrected chi connectivity index (χ0v) is 24.0. The van der Waals surface area contributed by atoms with Crippen LogP contribution in [0, 0.1) is 13.8 Å². The van der Waals surface area contributed by atoms with E-state index in [2.05, 4.69) is 14.8 Å². The number of benzene rings is 2. The number of aryl methyl sites for hydroxylation is 4. The number of carbonyl (C=O) groups excluding carboxylic acids is 1. The summed E-state index contributed by atoms with van der Waals surface area (Å²) in [5.41, 5.74) is 6.95. The number of hydrogen-bond donors (Lipinski definition) is 1.